The van der Waals surface area contributed by atoms with Crippen LogP contribution in [0.1, 0.15) is 29.8 Å². The van der Waals surface area contributed by atoms with Gasteiger partial charge < -0.3 is 10.5 Å². The van der Waals surface area contributed by atoms with Gasteiger partial charge in [-0.15, -0.1) is 11.3 Å². The molecular weight excluding hydrogens is 244 g/mol. The van der Waals surface area contributed by atoms with E-state index in [2.05, 4.69) is 24.0 Å². The Morgan fingerprint density at radius 2 is 2.00 bits per heavy atom. The fourth-order valence-corrected chi connectivity index (χ4v) is 2.86. The van der Waals surface area contributed by atoms with Crippen molar-refractivity contribution in [3.63, 3.8) is 0 Å². The van der Waals surface area contributed by atoms with E-state index < -0.39 is 0 Å². The molecular formula is C14H18N2OS. The van der Waals surface area contributed by atoms with E-state index in [9.17, 15) is 0 Å². The fourth-order valence-electron chi connectivity index (χ4n) is 1.86. The van der Waals surface area contributed by atoms with Gasteiger partial charge in [0.1, 0.15) is 10.8 Å². The highest BCUT2D eigenvalue weighted by Crippen LogP contribution is 2.32. The lowest BCUT2D eigenvalue weighted by atomic mass is 10.1. The van der Waals surface area contributed by atoms with Crippen LogP contribution in [0.25, 0.3) is 10.6 Å². The number of benzene rings is 1. The number of thiazole rings is 1. The number of methoxy groups -OCH3 is 1. The van der Waals surface area contributed by atoms with Gasteiger partial charge in [0.15, 0.2) is 0 Å². The molecule has 0 aliphatic rings. The Morgan fingerprint density at radius 3 is 2.56 bits per heavy atom. The lowest BCUT2D eigenvalue weighted by Gasteiger charge is -2.09. The number of hydrogen-bond donors (Lipinski definition) is 1. The van der Waals surface area contributed by atoms with Crippen LogP contribution in [-0.4, -0.2) is 12.1 Å². The average Bonchev–Trinajstić information content (AvgIpc) is 2.81. The third-order valence-electron chi connectivity index (χ3n) is 2.96. The molecule has 0 saturated heterocycles. The summed E-state index contributed by atoms with van der Waals surface area (Å²) in [6, 6.07) is 4.16. The van der Waals surface area contributed by atoms with E-state index in [0.717, 1.165) is 27.6 Å². The van der Waals surface area contributed by atoms with Crippen molar-refractivity contribution in [2.75, 3.05) is 7.11 Å². The number of hydrogen-bond acceptors (Lipinski definition) is 4. The summed E-state index contributed by atoms with van der Waals surface area (Å²) in [7, 11) is 1.69. The normalized spacial score (nSPS) is 12.5. The first-order chi connectivity index (χ1) is 8.52. The van der Waals surface area contributed by atoms with Crippen molar-refractivity contribution >= 4 is 11.3 Å². The Hall–Kier alpha value is -1.39. The summed E-state index contributed by atoms with van der Waals surface area (Å²) in [4.78, 5) is 4.59. The first-order valence-corrected chi connectivity index (χ1v) is 6.77. The van der Waals surface area contributed by atoms with Crippen LogP contribution in [-0.2, 0) is 0 Å². The molecule has 2 rings (SSSR count). The van der Waals surface area contributed by atoms with Gasteiger partial charge in [-0.3, -0.25) is 0 Å². The molecule has 1 heterocycles. The zero-order valence-electron chi connectivity index (χ0n) is 11.2. The predicted octanol–water partition coefficient (Wildman–Crippen LogP) is 3.46. The Morgan fingerprint density at radius 1 is 1.28 bits per heavy atom. The molecule has 0 fully saturated rings. The summed E-state index contributed by atoms with van der Waals surface area (Å²) in [5, 5.41) is 3.05. The van der Waals surface area contributed by atoms with E-state index in [1.54, 1.807) is 18.4 Å². The van der Waals surface area contributed by atoms with Gasteiger partial charge in [0.05, 0.1) is 12.8 Å². The summed E-state index contributed by atoms with van der Waals surface area (Å²) in [5.74, 6) is 0.917. The lowest BCUT2D eigenvalue weighted by Crippen LogP contribution is -2.04. The number of ether oxygens (including phenoxy) is 1. The Bertz CT molecular complexity index is 561. The molecule has 3 nitrogen and oxygen atoms in total. The minimum atomic E-state index is -0.0188. The van der Waals surface area contributed by atoms with Gasteiger partial charge >= 0.3 is 0 Å². The van der Waals surface area contributed by atoms with Crippen molar-refractivity contribution in [3.8, 4) is 16.3 Å². The van der Waals surface area contributed by atoms with Crippen LogP contribution in [0.15, 0.2) is 17.5 Å². The van der Waals surface area contributed by atoms with Gasteiger partial charge in [-0.05, 0) is 44.0 Å². The number of aryl methyl sites for hydroxylation is 2. The Labute approximate surface area is 112 Å². The van der Waals surface area contributed by atoms with Crippen LogP contribution in [0.4, 0.5) is 0 Å². The van der Waals surface area contributed by atoms with Gasteiger partial charge in [-0.25, -0.2) is 4.98 Å². The molecule has 1 aromatic heterocycles. The molecule has 0 spiro atoms. The molecule has 4 heteroatoms. The molecule has 0 bridgehead atoms. The fraction of sp³-hybridized carbons (Fsp3) is 0.357. The number of nitrogens with zero attached hydrogens (tertiary/aromatic N) is 1. The largest absolute Gasteiger partial charge is 0.496 e. The van der Waals surface area contributed by atoms with Crippen LogP contribution >= 0.6 is 11.3 Å². The average molecular weight is 262 g/mol. The minimum Gasteiger partial charge on any atom is -0.496 e. The molecule has 0 aliphatic heterocycles. The number of aromatic nitrogens is 1. The second-order valence-corrected chi connectivity index (χ2v) is 5.36. The number of nitrogens with two attached hydrogens (primary N) is 1. The van der Waals surface area contributed by atoms with Gasteiger partial charge in [0.25, 0.3) is 0 Å². The first-order valence-electron chi connectivity index (χ1n) is 5.89. The molecule has 1 atom stereocenters. The smallest absolute Gasteiger partial charge is 0.123 e. The predicted molar refractivity (Wildman–Crippen MR) is 76.2 cm³/mol. The molecule has 0 saturated carbocycles. The van der Waals surface area contributed by atoms with E-state index >= 15 is 0 Å². The second-order valence-electron chi connectivity index (χ2n) is 4.50. The summed E-state index contributed by atoms with van der Waals surface area (Å²) >= 11 is 1.64. The van der Waals surface area contributed by atoms with Gasteiger partial charge in [-0.1, -0.05) is 0 Å². The first kappa shape index (κ1) is 13.1. The van der Waals surface area contributed by atoms with Crippen LogP contribution < -0.4 is 10.5 Å². The van der Waals surface area contributed by atoms with Gasteiger partial charge in [0, 0.05) is 17.0 Å². The zero-order valence-corrected chi connectivity index (χ0v) is 12.0. The molecule has 0 amide bonds. The quantitative estimate of drug-likeness (QED) is 0.921. The van der Waals surface area contributed by atoms with Crippen molar-refractivity contribution < 1.29 is 4.74 Å². The summed E-state index contributed by atoms with van der Waals surface area (Å²) in [6.07, 6.45) is 0. The highest BCUT2D eigenvalue weighted by atomic mass is 32.1. The van der Waals surface area contributed by atoms with Crippen LogP contribution in [0.5, 0.6) is 5.75 Å². The van der Waals surface area contributed by atoms with E-state index in [1.165, 1.54) is 5.56 Å². The summed E-state index contributed by atoms with van der Waals surface area (Å²) in [6.45, 7) is 6.07. The van der Waals surface area contributed by atoms with Crippen molar-refractivity contribution in [3.05, 3.63) is 34.3 Å². The van der Waals surface area contributed by atoms with Crippen molar-refractivity contribution in [1.82, 2.24) is 4.98 Å². The highest BCUT2D eigenvalue weighted by Gasteiger charge is 2.12. The van der Waals surface area contributed by atoms with Crippen molar-refractivity contribution in [2.45, 2.75) is 26.8 Å². The maximum atomic E-state index is 5.84. The Balaban J connectivity index is 2.46. The molecule has 2 N–H and O–H groups in total. The standard InChI is InChI=1S/C14H18N2OS/c1-8-6-13(17-4)9(2)5-11(8)14-16-12(7-18-14)10(3)15/h5-7,10H,15H2,1-4H3. The van der Waals surface area contributed by atoms with E-state index in [1.807, 2.05) is 19.2 Å². The molecule has 2 aromatic rings. The van der Waals surface area contributed by atoms with E-state index in [4.69, 9.17) is 10.5 Å². The second kappa shape index (κ2) is 5.08. The van der Waals surface area contributed by atoms with Gasteiger partial charge in [-0.2, -0.15) is 0 Å². The molecule has 0 radical (unpaired) electrons. The third kappa shape index (κ3) is 2.40. The zero-order chi connectivity index (χ0) is 13.3. The van der Waals surface area contributed by atoms with E-state index in [0.29, 0.717) is 0 Å². The minimum absolute atomic E-state index is 0.0188. The van der Waals surface area contributed by atoms with Crippen LogP contribution in [0.3, 0.4) is 0 Å². The summed E-state index contributed by atoms with van der Waals surface area (Å²) in [5.41, 5.74) is 10.2. The molecule has 96 valence electrons. The molecule has 18 heavy (non-hydrogen) atoms. The van der Waals surface area contributed by atoms with Crippen molar-refractivity contribution in [1.29, 1.82) is 0 Å². The maximum Gasteiger partial charge on any atom is 0.123 e. The van der Waals surface area contributed by atoms with E-state index in [-0.39, 0.29) is 6.04 Å². The molecule has 0 aliphatic carbocycles. The van der Waals surface area contributed by atoms with Crippen LogP contribution in [0.2, 0.25) is 0 Å². The molecule has 1 unspecified atom stereocenters. The topological polar surface area (TPSA) is 48.1 Å². The van der Waals surface area contributed by atoms with Crippen molar-refractivity contribution in [2.24, 2.45) is 5.73 Å². The summed E-state index contributed by atoms with van der Waals surface area (Å²) < 4.78 is 5.32. The third-order valence-corrected chi connectivity index (χ3v) is 3.85. The molecule has 1 aromatic carbocycles. The Kier molecular flexibility index (Phi) is 3.68. The maximum absolute atomic E-state index is 5.84. The SMILES string of the molecule is COc1cc(C)c(-c2nc(C(C)N)cs2)cc1C. The monoisotopic (exact) mass is 262 g/mol. The number of rotatable bonds is 3. The van der Waals surface area contributed by atoms with Gasteiger partial charge in [0.2, 0.25) is 0 Å². The lowest BCUT2D eigenvalue weighted by molar-refractivity contribution is 0.411. The highest BCUT2D eigenvalue weighted by molar-refractivity contribution is 7.13. The van der Waals surface area contributed by atoms with Crippen LogP contribution in [0, 0.1) is 13.8 Å².